The van der Waals surface area contributed by atoms with Crippen molar-refractivity contribution >= 4 is 11.8 Å². The van der Waals surface area contributed by atoms with Crippen LogP contribution in [0.4, 0.5) is 0 Å². The lowest BCUT2D eigenvalue weighted by molar-refractivity contribution is -1.02. The van der Waals surface area contributed by atoms with Crippen LogP contribution in [0.3, 0.4) is 0 Å². The molecule has 29 heavy (non-hydrogen) atoms. The largest absolute Gasteiger partial charge is 0.326 e. The maximum atomic E-state index is 13.1. The summed E-state index contributed by atoms with van der Waals surface area (Å²) in [5.74, 6) is 0.179. The summed E-state index contributed by atoms with van der Waals surface area (Å²) >= 11 is 0. The number of nitrogens with zero attached hydrogens (tertiary/aromatic N) is 1. The van der Waals surface area contributed by atoms with Crippen molar-refractivity contribution in [3.63, 3.8) is 0 Å². The lowest BCUT2D eigenvalue weighted by Crippen LogP contribution is -3.27. The summed E-state index contributed by atoms with van der Waals surface area (Å²) in [7, 11) is 0. The Morgan fingerprint density at radius 3 is 2.34 bits per heavy atom. The Morgan fingerprint density at radius 1 is 1.00 bits per heavy atom. The molecule has 1 aliphatic carbocycles. The summed E-state index contributed by atoms with van der Waals surface area (Å²) < 4.78 is 0. The van der Waals surface area contributed by atoms with E-state index < -0.39 is 0 Å². The summed E-state index contributed by atoms with van der Waals surface area (Å²) in [6, 6.07) is 10.7. The fourth-order valence-corrected chi connectivity index (χ4v) is 5.87. The molecule has 0 unspecified atom stereocenters. The summed E-state index contributed by atoms with van der Waals surface area (Å²) in [5, 5.41) is 0. The Hall–Kier alpha value is -1.72. The van der Waals surface area contributed by atoms with Crippen molar-refractivity contribution in [2.24, 2.45) is 16.7 Å². The third-order valence-electron chi connectivity index (χ3n) is 8.38. The van der Waals surface area contributed by atoms with Crippen LogP contribution >= 0.6 is 0 Å². The first-order valence-corrected chi connectivity index (χ1v) is 11.4. The van der Waals surface area contributed by atoms with Gasteiger partial charge in [-0.1, -0.05) is 51.1 Å². The minimum atomic E-state index is -0.370. The summed E-state index contributed by atoms with van der Waals surface area (Å²) in [6.45, 7) is 13.8. The highest BCUT2D eigenvalue weighted by Crippen LogP contribution is 2.59. The second kappa shape index (κ2) is 7.84. The molecule has 0 aromatic heterocycles. The van der Waals surface area contributed by atoms with Crippen molar-refractivity contribution in [2.75, 3.05) is 39.3 Å². The zero-order valence-corrected chi connectivity index (χ0v) is 18.3. The van der Waals surface area contributed by atoms with E-state index >= 15 is 0 Å². The molecular weight excluding hydrogens is 362 g/mol. The van der Waals surface area contributed by atoms with Gasteiger partial charge in [0.15, 0.2) is 0 Å². The fourth-order valence-electron chi connectivity index (χ4n) is 5.87. The van der Waals surface area contributed by atoms with Gasteiger partial charge in [0.1, 0.15) is 32.7 Å². The highest BCUT2D eigenvalue weighted by Gasteiger charge is 2.64. The van der Waals surface area contributed by atoms with E-state index in [9.17, 15) is 9.59 Å². The van der Waals surface area contributed by atoms with Crippen LogP contribution < -0.4 is 9.80 Å². The maximum Gasteiger partial charge on any atom is 0.235 e. The molecule has 2 saturated heterocycles. The van der Waals surface area contributed by atoms with Crippen LogP contribution in [0.25, 0.3) is 0 Å². The standard InChI is InChI=1S/C24H35N3O2/c1-23(2)20-10-11-24(23,3)22(29)27(21(20)28)13-7-12-25-14-16-26(17-15-25)18-19-8-5-4-6-9-19/h4-6,8-9,20H,7,10-18H2,1-3H3/p+2/t20-,24-/m1/s1. The fraction of sp³-hybridized carbons (Fsp3) is 0.667. The summed E-state index contributed by atoms with van der Waals surface area (Å²) in [4.78, 5) is 31.0. The number of hydrogen-bond donors (Lipinski definition) is 2. The van der Waals surface area contributed by atoms with Gasteiger partial charge in [-0.3, -0.25) is 14.5 Å². The van der Waals surface area contributed by atoms with Gasteiger partial charge in [0.2, 0.25) is 11.8 Å². The molecule has 2 aliphatic heterocycles. The minimum absolute atomic E-state index is 0.0164. The van der Waals surface area contributed by atoms with Crippen LogP contribution in [0.5, 0.6) is 0 Å². The molecular formula is C24H37N3O2+2. The number of hydrogen-bond acceptors (Lipinski definition) is 2. The van der Waals surface area contributed by atoms with Gasteiger partial charge in [-0.25, -0.2) is 0 Å². The molecule has 1 aromatic carbocycles. The van der Waals surface area contributed by atoms with Gasteiger partial charge in [0.25, 0.3) is 0 Å². The van der Waals surface area contributed by atoms with E-state index in [2.05, 4.69) is 51.1 Å². The number of fused-ring (bicyclic) bond motifs is 2. The van der Waals surface area contributed by atoms with Crippen molar-refractivity contribution in [3.8, 4) is 0 Å². The molecule has 2 bridgehead atoms. The van der Waals surface area contributed by atoms with Gasteiger partial charge in [-0.2, -0.15) is 0 Å². The predicted octanol–water partition coefficient (Wildman–Crippen LogP) is 0.171. The van der Waals surface area contributed by atoms with Gasteiger partial charge in [0, 0.05) is 24.4 Å². The second-order valence-electron chi connectivity index (χ2n) is 10.2. The van der Waals surface area contributed by atoms with E-state index in [4.69, 9.17) is 0 Å². The maximum absolute atomic E-state index is 13.1. The molecule has 5 heteroatoms. The Morgan fingerprint density at radius 2 is 1.66 bits per heavy atom. The first-order valence-electron chi connectivity index (χ1n) is 11.4. The van der Waals surface area contributed by atoms with Crippen molar-refractivity contribution in [2.45, 2.75) is 46.6 Å². The Kier molecular flexibility index (Phi) is 5.56. The Labute approximate surface area is 175 Å². The molecule has 2 heterocycles. The molecule has 5 nitrogen and oxygen atoms in total. The normalized spacial score (nSPS) is 33.9. The third-order valence-corrected chi connectivity index (χ3v) is 8.38. The number of piperidine rings is 1. The molecule has 158 valence electrons. The number of benzene rings is 1. The SMILES string of the molecule is CC1(C)[C@@H]2CC[C@]1(C)C(=O)N(CCC[NH+]1CC[NH+](Cc3ccccc3)CC1)C2=O. The number of rotatable bonds is 6. The van der Waals surface area contributed by atoms with Crippen molar-refractivity contribution in [1.82, 2.24) is 4.90 Å². The average molecular weight is 400 g/mol. The molecule has 2 amide bonds. The van der Waals surface area contributed by atoms with Gasteiger partial charge in [-0.15, -0.1) is 0 Å². The van der Waals surface area contributed by atoms with Crippen LogP contribution in [0, 0.1) is 16.7 Å². The smallest absolute Gasteiger partial charge is 0.235 e. The first-order chi connectivity index (χ1) is 13.8. The van der Waals surface area contributed by atoms with Crippen LogP contribution in [-0.4, -0.2) is 56.0 Å². The monoisotopic (exact) mass is 399 g/mol. The van der Waals surface area contributed by atoms with Gasteiger partial charge >= 0.3 is 0 Å². The van der Waals surface area contributed by atoms with Crippen molar-refractivity contribution in [1.29, 1.82) is 0 Å². The predicted molar refractivity (Wildman–Crippen MR) is 112 cm³/mol. The van der Waals surface area contributed by atoms with Crippen LogP contribution in [-0.2, 0) is 16.1 Å². The van der Waals surface area contributed by atoms with Crippen LogP contribution in [0.1, 0.15) is 45.6 Å². The number of likely N-dealkylation sites (tertiary alicyclic amines) is 1. The number of carbonyl (C=O) groups is 2. The van der Waals surface area contributed by atoms with E-state index in [1.54, 1.807) is 14.7 Å². The Bertz CT molecular complexity index is 755. The molecule has 3 aliphatic rings. The Balaban J connectivity index is 1.24. The number of carbonyl (C=O) groups excluding carboxylic acids is 2. The van der Waals surface area contributed by atoms with Crippen LogP contribution in [0.15, 0.2) is 30.3 Å². The quantitative estimate of drug-likeness (QED) is 0.670. The average Bonchev–Trinajstić information content (AvgIpc) is 2.90. The number of nitrogens with one attached hydrogen (secondary N) is 2. The van der Waals surface area contributed by atoms with Gasteiger partial charge < -0.3 is 9.80 Å². The molecule has 0 spiro atoms. The molecule has 2 atom stereocenters. The molecule has 1 aromatic rings. The summed E-state index contributed by atoms with van der Waals surface area (Å²) in [5.41, 5.74) is 0.838. The number of imide groups is 1. The second-order valence-corrected chi connectivity index (χ2v) is 10.2. The van der Waals surface area contributed by atoms with Gasteiger partial charge in [-0.05, 0) is 18.3 Å². The zero-order chi connectivity index (χ0) is 20.6. The zero-order valence-electron chi connectivity index (χ0n) is 18.3. The van der Waals surface area contributed by atoms with Crippen LogP contribution in [0.2, 0.25) is 0 Å². The number of piperazine rings is 1. The lowest BCUT2D eigenvalue weighted by Gasteiger charge is -2.47. The molecule has 2 N–H and O–H groups in total. The van der Waals surface area contributed by atoms with E-state index in [0.717, 1.165) is 32.4 Å². The number of amides is 2. The number of quaternary nitrogens is 2. The lowest BCUT2D eigenvalue weighted by atomic mass is 9.62. The van der Waals surface area contributed by atoms with E-state index in [1.165, 1.54) is 31.7 Å². The molecule has 1 saturated carbocycles. The van der Waals surface area contributed by atoms with Gasteiger partial charge in [0.05, 0.1) is 12.0 Å². The molecule has 0 radical (unpaired) electrons. The van der Waals surface area contributed by atoms with Crippen molar-refractivity contribution in [3.05, 3.63) is 35.9 Å². The highest BCUT2D eigenvalue weighted by atomic mass is 16.2. The minimum Gasteiger partial charge on any atom is -0.326 e. The first kappa shape index (κ1) is 20.5. The van der Waals surface area contributed by atoms with E-state index in [1.807, 2.05) is 0 Å². The van der Waals surface area contributed by atoms with Crippen molar-refractivity contribution < 1.29 is 19.4 Å². The highest BCUT2D eigenvalue weighted by molar-refractivity contribution is 6.03. The van der Waals surface area contributed by atoms with E-state index in [-0.39, 0.29) is 28.6 Å². The third kappa shape index (κ3) is 3.64. The topological polar surface area (TPSA) is 46.3 Å². The molecule has 4 rings (SSSR count). The summed E-state index contributed by atoms with van der Waals surface area (Å²) in [6.07, 6.45) is 2.63. The van der Waals surface area contributed by atoms with E-state index in [0.29, 0.717) is 6.54 Å². The molecule has 3 fully saturated rings.